The largest absolute Gasteiger partial charge is 0.598 e. The molecule has 0 aliphatic carbocycles. The van der Waals surface area contributed by atoms with Crippen LogP contribution in [0.3, 0.4) is 0 Å². The molecule has 2 aromatic rings. The van der Waals surface area contributed by atoms with Crippen LogP contribution >= 0.6 is 0 Å². The maximum absolute atomic E-state index is 15.2. The van der Waals surface area contributed by atoms with Crippen molar-refractivity contribution in [3.05, 3.63) is 53.6 Å². The lowest BCUT2D eigenvalue weighted by molar-refractivity contribution is -0.145. The Hall–Kier alpha value is -3.06. The van der Waals surface area contributed by atoms with Crippen LogP contribution in [0.5, 0.6) is 11.5 Å². The van der Waals surface area contributed by atoms with E-state index in [1.165, 1.54) is 18.2 Å². The molecule has 0 radical (unpaired) electrons. The van der Waals surface area contributed by atoms with Gasteiger partial charge in [0.05, 0.1) is 12.2 Å². The van der Waals surface area contributed by atoms with Crippen molar-refractivity contribution in [3.8, 4) is 11.5 Å². The zero-order valence-electron chi connectivity index (χ0n) is 23.1. The Morgan fingerprint density at radius 3 is 2.55 bits per heavy atom. The summed E-state index contributed by atoms with van der Waals surface area (Å²) in [6, 6.07) is 5.86. The van der Waals surface area contributed by atoms with E-state index in [1.807, 2.05) is 6.92 Å². The van der Waals surface area contributed by atoms with Crippen molar-refractivity contribution in [1.82, 2.24) is 19.9 Å². The quantitative estimate of drug-likeness (QED) is 0.338. The second kappa shape index (κ2) is 12.6. The van der Waals surface area contributed by atoms with Gasteiger partial charge in [-0.1, -0.05) is 0 Å². The molecule has 2 saturated heterocycles. The van der Waals surface area contributed by atoms with Gasteiger partial charge >= 0.3 is 6.03 Å². The summed E-state index contributed by atoms with van der Waals surface area (Å²) in [4.78, 5) is 43.9. The van der Waals surface area contributed by atoms with E-state index < -0.39 is 51.7 Å². The van der Waals surface area contributed by atoms with Gasteiger partial charge in [-0.25, -0.2) is 9.18 Å². The molecule has 2 aliphatic rings. The minimum atomic E-state index is -1.60. The maximum atomic E-state index is 15.2. The standard InChI is InChI=1S/C28H35FN4O6S/c1-17-5-6-20(16-30-17)39-19-7-9-23(29)22(15-19)24(32-40(37)28(2,3)4)10-8-21-25(34)31-27(36)33(26(21)35)18-11-13-38-14-12-18/h5-7,9,15-16,18,21,24,32H,8,10-14H2,1-4H3,(H,31,34,36). The van der Waals surface area contributed by atoms with Gasteiger partial charge in [0.1, 0.15) is 28.0 Å². The number of nitrogens with zero attached hydrogens (tertiary/aromatic N) is 2. The molecule has 10 nitrogen and oxygen atoms in total. The molecule has 4 amide bonds. The van der Waals surface area contributed by atoms with Gasteiger partial charge in [-0.3, -0.25) is 24.8 Å². The number of nitrogens with one attached hydrogen (secondary N) is 2. The molecule has 3 atom stereocenters. The molecule has 0 saturated carbocycles. The third-order valence-corrected chi connectivity index (χ3v) is 8.48. The maximum Gasteiger partial charge on any atom is 0.331 e. The van der Waals surface area contributed by atoms with E-state index >= 15 is 4.39 Å². The van der Waals surface area contributed by atoms with E-state index in [0.29, 0.717) is 37.6 Å². The summed E-state index contributed by atoms with van der Waals surface area (Å²) in [6.07, 6.45) is 2.63. The molecule has 2 N–H and O–H groups in total. The van der Waals surface area contributed by atoms with Crippen LogP contribution in [-0.4, -0.2) is 56.3 Å². The number of imide groups is 2. The Balaban J connectivity index is 1.57. The second-order valence-corrected chi connectivity index (χ2v) is 12.9. The molecular weight excluding hydrogens is 539 g/mol. The summed E-state index contributed by atoms with van der Waals surface area (Å²) in [5.41, 5.74) is 0.996. The number of halogens is 1. The fourth-order valence-corrected chi connectivity index (χ4v) is 5.45. The van der Waals surface area contributed by atoms with Crippen molar-refractivity contribution >= 4 is 29.2 Å². The summed E-state index contributed by atoms with van der Waals surface area (Å²) in [5, 5.41) is 2.29. The first-order valence-electron chi connectivity index (χ1n) is 13.3. The number of benzene rings is 1. The lowest BCUT2D eigenvalue weighted by atomic mass is 9.92. The number of aryl methyl sites for hydroxylation is 1. The Labute approximate surface area is 236 Å². The summed E-state index contributed by atoms with van der Waals surface area (Å²) >= 11 is -1.60. The topological polar surface area (TPSA) is 133 Å². The van der Waals surface area contributed by atoms with E-state index in [1.54, 1.807) is 39.1 Å². The number of aromatic nitrogens is 1. The van der Waals surface area contributed by atoms with Gasteiger partial charge in [-0.2, -0.15) is 0 Å². The SMILES string of the molecule is Cc1ccc(Oc2ccc(F)c(C(CCC3C(=O)NC(=O)N(C4CCOCC4)C3=O)N[S+]([O-])C(C)(C)C)c2)cn1. The predicted molar refractivity (Wildman–Crippen MR) is 146 cm³/mol. The number of amides is 4. The second-order valence-electron chi connectivity index (χ2n) is 10.9. The van der Waals surface area contributed by atoms with Gasteiger partial charge in [-0.05, 0) is 83.7 Å². The first kappa shape index (κ1) is 29.9. The van der Waals surface area contributed by atoms with Crippen LogP contribution in [0.2, 0.25) is 0 Å². The van der Waals surface area contributed by atoms with E-state index in [4.69, 9.17) is 9.47 Å². The molecule has 12 heteroatoms. The number of carbonyl (C=O) groups excluding carboxylic acids is 3. The Bertz CT molecular complexity index is 1230. The molecule has 2 fully saturated rings. The van der Waals surface area contributed by atoms with E-state index in [0.717, 1.165) is 10.6 Å². The van der Waals surface area contributed by atoms with Gasteiger partial charge in [-0.15, -0.1) is 4.72 Å². The highest BCUT2D eigenvalue weighted by atomic mass is 32.2. The average molecular weight is 575 g/mol. The van der Waals surface area contributed by atoms with Crippen LogP contribution in [0.4, 0.5) is 9.18 Å². The van der Waals surface area contributed by atoms with Crippen molar-refractivity contribution in [2.45, 2.75) is 70.2 Å². The fourth-order valence-electron chi connectivity index (χ4n) is 4.60. The lowest BCUT2D eigenvalue weighted by Gasteiger charge is -2.37. The van der Waals surface area contributed by atoms with Crippen molar-refractivity contribution in [2.75, 3.05) is 13.2 Å². The van der Waals surface area contributed by atoms with Crippen molar-refractivity contribution in [1.29, 1.82) is 0 Å². The molecular formula is C28H35FN4O6S. The van der Waals surface area contributed by atoms with Crippen molar-refractivity contribution in [2.24, 2.45) is 5.92 Å². The zero-order valence-corrected chi connectivity index (χ0v) is 23.9. The van der Waals surface area contributed by atoms with Crippen LogP contribution in [0.15, 0.2) is 36.5 Å². The Morgan fingerprint density at radius 2 is 1.90 bits per heavy atom. The Morgan fingerprint density at radius 1 is 1.20 bits per heavy atom. The van der Waals surface area contributed by atoms with Crippen LogP contribution in [0.1, 0.15) is 63.8 Å². The molecule has 4 rings (SSSR count). The molecule has 1 aromatic heterocycles. The van der Waals surface area contributed by atoms with Crippen LogP contribution in [-0.2, 0) is 25.7 Å². The van der Waals surface area contributed by atoms with Gasteiger partial charge in [0.15, 0.2) is 0 Å². The lowest BCUT2D eigenvalue weighted by Crippen LogP contribution is -2.61. The van der Waals surface area contributed by atoms with Gasteiger partial charge in [0.2, 0.25) is 11.8 Å². The number of hydrogen-bond acceptors (Lipinski definition) is 8. The minimum absolute atomic E-state index is 0.00306. The number of rotatable bonds is 9. The number of urea groups is 1. The van der Waals surface area contributed by atoms with Gasteiger partial charge in [0.25, 0.3) is 0 Å². The predicted octanol–water partition coefficient (Wildman–Crippen LogP) is 4.07. The number of ether oxygens (including phenoxy) is 2. The summed E-state index contributed by atoms with van der Waals surface area (Å²) in [6.45, 7) is 8.03. The Kier molecular flexibility index (Phi) is 9.44. The van der Waals surface area contributed by atoms with Gasteiger partial charge in [0, 0.05) is 41.9 Å². The molecule has 1 aromatic carbocycles. The number of barbiturate groups is 1. The number of pyridine rings is 1. The number of carbonyl (C=O) groups is 3. The molecule has 2 aliphatic heterocycles. The molecule has 3 unspecified atom stereocenters. The van der Waals surface area contributed by atoms with E-state index in [-0.39, 0.29) is 24.4 Å². The molecule has 0 spiro atoms. The summed E-state index contributed by atoms with van der Waals surface area (Å²) in [5.74, 6) is -2.17. The minimum Gasteiger partial charge on any atom is -0.598 e. The molecule has 40 heavy (non-hydrogen) atoms. The summed E-state index contributed by atoms with van der Waals surface area (Å²) < 4.78 is 41.8. The molecule has 3 heterocycles. The third kappa shape index (κ3) is 7.17. The fraction of sp³-hybridized carbons (Fsp3) is 0.500. The highest BCUT2D eigenvalue weighted by Gasteiger charge is 2.44. The van der Waals surface area contributed by atoms with Gasteiger partial charge < -0.3 is 14.0 Å². The van der Waals surface area contributed by atoms with E-state index in [9.17, 15) is 18.9 Å². The van der Waals surface area contributed by atoms with Crippen LogP contribution in [0.25, 0.3) is 0 Å². The highest BCUT2D eigenvalue weighted by molar-refractivity contribution is 7.90. The van der Waals surface area contributed by atoms with Crippen LogP contribution < -0.4 is 14.8 Å². The molecule has 216 valence electrons. The zero-order chi connectivity index (χ0) is 29.0. The van der Waals surface area contributed by atoms with E-state index in [2.05, 4.69) is 15.0 Å². The first-order valence-corrected chi connectivity index (χ1v) is 14.4. The van der Waals surface area contributed by atoms with Crippen molar-refractivity contribution < 1.29 is 32.8 Å². The third-order valence-electron chi connectivity index (χ3n) is 6.87. The molecule has 0 bridgehead atoms. The first-order chi connectivity index (χ1) is 18.9. The number of hydrogen-bond donors (Lipinski definition) is 2. The normalized spacial score (nSPS) is 20.3. The summed E-state index contributed by atoms with van der Waals surface area (Å²) in [7, 11) is 0. The van der Waals surface area contributed by atoms with Crippen LogP contribution in [0, 0.1) is 18.7 Å². The van der Waals surface area contributed by atoms with Crippen molar-refractivity contribution in [3.63, 3.8) is 0 Å². The monoisotopic (exact) mass is 574 g/mol. The highest BCUT2D eigenvalue weighted by Crippen LogP contribution is 2.32. The smallest absolute Gasteiger partial charge is 0.331 e. The average Bonchev–Trinajstić information content (AvgIpc) is 2.90.